The summed E-state index contributed by atoms with van der Waals surface area (Å²) in [5.41, 5.74) is 8.99. The second kappa shape index (κ2) is 6.95. The van der Waals surface area contributed by atoms with Crippen LogP contribution in [0.4, 0.5) is 8.78 Å². The number of aryl methyl sites for hydroxylation is 1. The Labute approximate surface area is 163 Å². The van der Waals surface area contributed by atoms with Crippen LogP contribution in [0.2, 0.25) is 10.0 Å². The zero-order valence-electron chi connectivity index (χ0n) is 14.0. The topological polar surface area (TPSA) is 59.6 Å². The zero-order chi connectivity index (χ0) is 19.1. The Kier molecular flexibility index (Phi) is 4.63. The van der Waals surface area contributed by atoms with Gasteiger partial charge >= 0.3 is 6.55 Å². The van der Waals surface area contributed by atoms with E-state index in [4.69, 9.17) is 23.2 Å². The lowest BCUT2D eigenvalue weighted by Gasteiger charge is -2.18. The smallest absolute Gasteiger partial charge is 0.327 e. The number of benzene rings is 2. The number of nitrogens with one attached hydrogen (secondary N) is 1. The number of hydrazone groups is 1. The van der Waals surface area contributed by atoms with E-state index in [0.29, 0.717) is 27.3 Å². The molecule has 0 radical (unpaired) electrons. The maximum Gasteiger partial charge on any atom is 0.327 e. The van der Waals surface area contributed by atoms with E-state index in [9.17, 15) is 8.78 Å². The Morgan fingerprint density at radius 1 is 1.19 bits per heavy atom. The number of amidine groups is 1. The molecule has 0 spiro atoms. The number of aromatic nitrogens is 2. The monoisotopic (exact) mass is 409 g/mol. The van der Waals surface area contributed by atoms with Crippen molar-refractivity contribution < 1.29 is 8.78 Å². The van der Waals surface area contributed by atoms with Crippen molar-refractivity contribution >= 4 is 39.9 Å². The summed E-state index contributed by atoms with van der Waals surface area (Å²) >= 11 is 12.5. The summed E-state index contributed by atoms with van der Waals surface area (Å²) < 4.78 is 27.2. The number of rotatable bonds is 4. The van der Waals surface area contributed by atoms with E-state index in [1.807, 2.05) is 13.0 Å². The molecule has 0 bridgehead atoms. The summed E-state index contributed by atoms with van der Waals surface area (Å²) in [4.78, 5) is 0. The molecule has 10 heteroatoms. The maximum absolute atomic E-state index is 12.7. The van der Waals surface area contributed by atoms with Gasteiger partial charge in [0.25, 0.3) is 0 Å². The summed E-state index contributed by atoms with van der Waals surface area (Å²) in [7, 11) is 0. The molecule has 1 aliphatic rings. The molecule has 2 heterocycles. The highest BCUT2D eigenvalue weighted by molar-refractivity contribution is 6.36. The van der Waals surface area contributed by atoms with Gasteiger partial charge in [-0.25, -0.2) is 5.53 Å². The molecule has 0 saturated carbocycles. The van der Waals surface area contributed by atoms with Crippen LogP contribution < -0.4 is 5.53 Å². The Balaban J connectivity index is 1.75. The van der Waals surface area contributed by atoms with E-state index in [2.05, 4.69) is 21.2 Å². The normalized spacial score (nSPS) is 14.1. The molecule has 0 atom stereocenters. The number of hydrogen-bond acceptors (Lipinski definition) is 4. The molecule has 140 valence electrons. The highest BCUT2D eigenvalue weighted by Crippen LogP contribution is 2.28. The molecule has 0 aliphatic carbocycles. The fourth-order valence-corrected chi connectivity index (χ4v) is 3.40. The largest absolute Gasteiger partial charge is 0.381 e. The SMILES string of the molecule is Cc1nn(Cc2c(Cl)cccc2Cl)c2cc(C3=NN(C(F)F)N[N-]3)ccc12. The van der Waals surface area contributed by atoms with Crippen LogP contribution >= 0.6 is 23.2 Å². The lowest BCUT2D eigenvalue weighted by molar-refractivity contribution is -0.0451. The molecule has 1 aliphatic heterocycles. The van der Waals surface area contributed by atoms with Crippen LogP contribution in [0.15, 0.2) is 41.5 Å². The summed E-state index contributed by atoms with van der Waals surface area (Å²) in [6, 6.07) is 10.7. The van der Waals surface area contributed by atoms with E-state index < -0.39 is 6.55 Å². The Hall–Kier alpha value is -2.42. The van der Waals surface area contributed by atoms with E-state index in [0.717, 1.165) is 22.2 Å². The van der Waals surface area contributed by atoms with Crippen LogP contribution in [-0.2, 0) is 6.54 Å². The van der Waals surface area contributed by atoms with Gasteiger partial charge in [0.1, 0.15) is 0 Å². The summed E-state index contributed by atoms with van der Waals surface area (Å²) in [5, 5.41) is 10.7. The first kappa shape index (κ1) is 18.0. The van der Waals surface area contributed by atoms with Crippen molar-refractivity contribution in [2.75, 3.05) is 0 Å². The van der Waals surface area contributed by atoms with Crippen LogP contribution in [0.3, 0.4) is 0 Å². The van der Waals surface area contributed by atoms with E-state index in [-0.39, 0.29) is 5.84 Å². The van der Waals surface area contributed by atoms with Crippen LogP contribution in [0.1, 0.15) is 16.8 Å². The van der Waals surface area contributed by atoms with Gasteiger partial charge in [0.2, 0.25) is 0 Å². The first-order valence-electron chi connectivity index (χ1n) is 7.97. The minimum atomic E-state index is -2.79. The minimum Gasteiger partial charge on any atom is -0.381 e. The maximum atomic E-state index is 12.7. The van der Waals surface area contributed by atoms with Gasteiger partial charge in [-0.1, -0.05) is 41.4 Å². The molecule has 4 rings (SSSR count). The molecule has 6 nitrogen and oxygen atoms in total. The predicted octanol–water partition coefficient (Wildman–Crippen LogP) is 4.69. The van der Waals surface area contributed by atoms with Crippen LogP contribution in [-0.4, -0.2) is 27.3 Å². The fraction of sp³-hybridized carbons (Fsp3) is 0.176. The quantitative estimate of drug-likeness (QED) is 0.635. The second-order valence-electron chi connectivity index (χ2n) is 5.93. The summed E-state index contributed by atoms with van der Waals surface area (Å²) in [5.74, 6) is 0.165. The Morgan fingerprint density at radius 2 is 1.93 bits per heavy atom. The highest BCUT2D eigenvalue weighted by atomic mass is 35.5. The van der Waals surface area contributed by atoms with Gasteiger partial charge in [0, 0.05) is 21.0 Å². The first-order valence-corrected chi connectivity index (χ1v) is 8.72. The standard InChI is InChI=1S/C17H13Cl2F2N6/c1-9-11-6-5-10(16-22-25-27(24-16)17(20)21)7-15(11)26(23-9)8-12-13(18)3-2-4-14(12)19/h2-7,17,25H,8H2,1H3/q-1. The van der Waals surface area contributed by atoms with Crippen LogP contribution in [0.5, 0.6) is 0 Å². The number of fused-ring (bicyclic) bond motifs is 1. The van der Waals surface area contributed by atoms with Gasteiger partial charge in [0.05, 0.1) is 17.8 Å². The van der Waals surface area contributed by atoms with Gasteiger partial charge in [-0.05, 0) is 36.5 Å². The van der Waals surface area contributed by atoms with Gasteiger partial charge < -0.3 is 10.5 Å². The molecule has 0 saturated heterocycles. The second-order valence-corrected chi connectivity index (χ2v) is 6.75. The molecule has 3 aromatic rings. The van der Waals surface area contributed by atoms with Crippen molar-refractivity contribution in [2.24, 2.45) is 5.10 Å². The average molecular weight is 410 g/mol. The van der Waals surface area contributed by atoms with Crippen molar-refractivity contribution in [1.29, 1.82) is 0 Å². The van der Waals surface area contributed by atoms with Crippen LogP contribution in [0, 0.1) is 6.92 Å². The van der Waals surface area contributed by atoms with E-state index in [1.165, 1.54) is 0 Å². The number of hydrogen-bond donors (Lipinski definition) is 1. The molecule has 27 heavy (non-hydrogen) atoms. The molecular formula is C17H13Cl2F2N6-. The van der Waals surface area contributed by atoms with Crippen molar-refractivity contribution in [1.82, 2.24) is 20.4 Å². The molecular weight excluding hydrogens is 397 g/mol. The van der Waals surface area contributed by atoms with Crippen LogP contribution in [0.25, 0.3) is 16.3 Å². The predicted molar refractivity (Wildman–Crippen MR) is 101 cm³/mol. The number of hydrazine groups is 1. The Morgan fingerprint density at radius 3 is 2.59 bits per heavy atom. The summed E-state index contributed by atoms with van der Waals surface area (Å²) in [6.07, 6.45) is 0. The third-order valence-electron chi connectivity index (χ3n) is 4.21. The molecule has 2 aromatic carbocycles. The van der Waals surface area contributed by atoms with E-state index >= 15 is 0 Å². The minimum absolute atomic E-state index is 0.165. The molecule has 0 amide bonds. The van der Waals surface area contributed by atoms with Gasteiger partial charge in [-0.3, -0.25) is 9.80 Å². The third-order valence-corrected chi connectivity index (χ3v) is 4.92. The van der Waals surface area contributed by atoms with Gasteiger partial charge in [-0.15, -0.1) is 0 Å². The molecule has 0 fully saturated rings. The molecule has 1 N–H and O–H groups in total. The van der Waals surface area contributed by atoms with Crippen molar-refractivity contribution in [3.05, 3.63) is 68.7 Å². The average Bonchev–Trinajstić information content (AvgIpc) is 3.24. The van der Waals surface area contributed by atoms with Gasteiger partial charge in [-0.2, -0.15) is 13.9 Å². The third kappa shape index (κ3) is 3.31. The molecule has 0 unspecified atom stereocenters. The van der Waals surface area contributed by atoms with Crippen molar-refractivity contribution in [3.8, 4) is 0 Å². The Bertz CT molecular complexity index is 1030. The lowest BCUT2D eigenvalue weighted by Crippen LogP contribution is -2.29. The van der Waals surface area contributed by atoms with Crippen molar-refractivity contribution in [3.63, 3.8) is 0 Å². The van der Waals surface area contributed by atoms with Crippen molar-refractivity contribution in [2.45, 2.75) is 20.0 Å². The van der Waals surface area contributed by atoms with E-state index in [1.54, 1.807) is 35.0 Å². The first-order chi connectivity index (χ1) is 12.9. The lowest BCUT2D eigenvalue weighted by atomic mass is 10.1. The number of alkyl halides is 2. The fourth-order valence-electron chi connectivity index (χ4n) is 2.89. The molecule has 1 aromatic heterocycles. The van der Waals surface area contributed by atoms with Gasteiger partial charge in [0.15, 0.2) is 0 Å². The highest BCUT2D eigenvalue weighted by Gasteiger charge is 2.15. The number of nitrogens with zero attached hydrogens (tertiary/aromatic N) is 5. The zero-order valence-corrected chi connectivity index (χ0v) is 15.5. The summed E-state index contributed by atoms with van der Waals surface area (Å²) in [6.45, 7) is -0.521. The number of halogens is 4.